The van der Waals surface area contributed by atoms with Gasteiger partial charge >= 0.3 is 0 Å². The molecule has 1 amide bonds. The number of morpholine rings is 1. The van der Waals surface area contributed by atoms with E-state index in [2.05, 4.69) is 20.4 Å². The van der Waals surface area contributed by atoms with Crippen molar-refractivity contribution in [2.24, 2.45) is 11.8 Å². The van der Waals surface area contributed by atoms with Crippen LogP contribution in [0.3, 0.4) is 0 Å². The number of hydrogen-bond acceptors (Lipinski definition) is 2. The Bertz CT molecular complexity index is 285. The van der Waals surface area contributed by atoms with Gasteiger partial charge in [0.1, 0.15) is 0 Å². The summed E-state index contributed by atoms with van der Waals surface area (Å²) in [6, 6.07) is 0. The predicted octanol–water partition coefficient (Wildman–Crippen LogP) is 3.64. The van der Waals surface area contributed by atoms with E-state index in [9.17, 15) is 4.79 Å². The van der Waals surface area contributed by atoms with Crippen molar-refractivity contribution in [2.45, 2.75) is 52.4 Å². The summed E-state index contributed by atoms with van der Waals surface area (Å²) in [5.74, 6) is 1.24. The highest BCUT2D eigenvalue weighted by atomic mass is 16.5. The maximum atomic E-state index is 12.2. The van der Waals surface area contributed by atoms with Crippen molar-refractivity contribution < 1.29 is 9.53 Å². The molecule has 1 fully saturated rings. The first kappa shape index (κ1) is 17.2. The van der Waals surface area contributed by atoms with Gasteiger partial charge in [-0.2, -0.15) is 0 Å². The number of hydrogen-bond donors (Lipinski definition) is 0. The number of allylic oxidation sites excluding steroid dienone is 1. The summed E-state index contributed by atoms with van der Waals surface area (Å²) in [7, 11) is 0. The number of nitrogens with zero attached hydrogens (tertiary/aromatic N) is 1. The van der Waals surface area contributed by atoms with E-state index in [0.29, 0.717) is 19.1 Å². The zero-order valence-corrected chi connectivity index (χ0v) is 13.3. The van der Waals surface area contributed by atoms with Crippen LogP contribution in [-0.2, 0) is 9.53 Å². The Kier molecular flexibility index (Phi) is 8.59. The minimum Gasteiger partial charge on any atom is -0.378 e. The predicted molar refractivity (Wildman–Crippen MR) is 83.6 cm³/mol. The normalized spacial score (nSPS) is 18.6. The molecule has 116 valence electrons. The molecular weight excluding hydrogens is 250 g/mol. The number of rotatable bonds is 9. The number of ether oxygens (including phenoxy) is 1. The summed E-state index contributed by atoms with van der Waals surface area (Å²) in [6.07, 6.45) is 9.04. The summed E-state index contributed by atoms with van der Waals surface area (Å²) in [6.45, 7) is 11.1. The monoisotopic (exact) mass is 281 g/mol. The molecule has 0 aromatic heterocycles. The molecule has 1 heterocycles. The molecular formula is C17H31NO2. The SMILES string of the molecule is C=CCCCC(C)CCCC(C)C(=O)N1CCOCC1. The number of carbonyl (C=O) groups excluding carboxylic acids is 1. The third-order valence-corrected chi connectivity index (χ3v) is 4.18. The first-order valence-electron chi connectivity index (χ1n) is 8.12. The Morgan fingerprint density at radius 2 is 1.85 bits per heavy atom. The lowest BCUT2D eigenvalue weighted by atomic mass is 9.94. The zero-order valence-electron chi connectivity index (χ0n) is 13.3. The van der Waals surface area contributed by atoms with Crippen LogP contribution in [-0.4, -0.2) is 37.1 Å². The Labute approximate surface area is 124 Å². The fourth-order valence-electron chi connectivity index (χ4n) is 2.75. The standard InChI is InChI=1S/C17H31NO2/c1-4-5-6-8-15(2)9-7-10-16(3)17(19)18-11-13-20-14-12-18/h4,15-16H,1,5-14H2,2-3H3. The van der Waals surface area contributed by atoms with E-state index >= 15 is 0 Å². The average molecular weight is 281 g/mol. The fourth-order valence-corrected chi connectivity index (χ4v) is 2.75. The van der Waals surface area contributed by atoms with Crippen LogP contribution in [0, 0.1) is 11.8 Å². The largest absolute Gasteiger partial charge is 0.378 e. The van der Waals surface area contributed by atoms with Crippen molar-refractivity contribution in [1.82, 2.24) is 4.90 Å². The van der Waals surface area contributed by atoms with Gasteiger partial charge in [0.2, 0.25) is 5.91 Å². The van der Waals surface area contributed by atoms with Gasteiger partial charge in [-0.1, -0.05) is 39.2 Å². The van der Waals surface area contributed by atoms with E-state index in [1.54, 1.807) is 0 Å². The third kappa shape index (κ3) is 6.56. The molecule has 1 aliphatic heterocycles. The molecule has 0 bridgehead atoms. The van der Waals surface area contributed by atoms with Gasteiger partial charge in [-0.05, 0) is 25.2 Å². The number of amides is 1. The van der Waals surface area contributed by atoms with Crippen molar-refractivity contribution in [3.05, 3.63) is 12.7 Å². The highest BCUT2D eigenvalue weighted by Crippen LogP contribution is 2.19. The molecule has 1 aliphatic rings. The Balaban J connectivity index is 2.13. The zero-order chi connectivity index (χ0) is 14.8. The first-order chi connectivity index (χ1) is 9.65. The second kappa shape index (κ2) is 9.98. The van der Waals surface area contributed by atoms with E-state index in [1.165, 1.54) is 19.3 Å². The van der Waals surface area contributed by atoms with Crippen molar-refractivity contribution in [3.63, 3.8) is 0 Å². The van der Waals surface area contributed by atoms with Crippen LogP contribution >= 0.6 is 0 Å². The van der Waals surface area contributed by atoms with Gasteiger partial charge in [0.25, 0.3) is 0 Å². The van der Waals surface area contributed by atoms with Gasteiger partial charge < -0.3 is 9.64 Å². The van der Waals surface area contributed by atoms with E-state index in [-0.39, 0.29) is 5.92 Å². The molecule has 0 N–H and O–H groups in total. The smallest absolute Gasteiger partial charge is 0.225 e. The number of carbonyl (C=O) groups is 1. The Morgan fingerprint density at radius 1 is 1.20 bits per heavy atom. The average Bonchev–Trinajstić information content (AvgIpc) is 2.47. The Hall–Kier alpha value is -0.830. The van der Waals surface area contributed by atoms with Crippen molar-refractivity contribution >= 4 is 5.91 Å². The van der Waals surface area contributed by atoms with Gasteiger partial charge in [0.15, 0.2) is 0 Å². The van der Waals surface area contributed by atoms with Crippen LogP contribution in [0.15, 0.2) is 12.7 Å². The minimum atomic E-state index is 0.161. The summed E-state index contributed by atoms with van der Waals surface area (Å²) >= 11 is 0. The minimum absolute atomic E-state index is 0.161. The number of unbranched alkanes of at least 4 members (excludes halogenated alkanes) is 1. The van der Waals surface area contributed by atoms with Gasteiger partial charge in [-0.3, -0.25) is 4.79 Å². The molecule has 0 aromatic carbocycles. The van der Waals surface area contributed by atoms with Crippen molar-refractivity contribution in [1.29, 1.82) is 0 Å². The summed E-state index contributed by atoms with van der Waals surface area (Å²) in [5, 5.41) is 0. The molecule has 0 saturated carbocycles. The van der Waals surface area contributed by atoms with Crippen LogP contribution < -0.4 is 0 Å². The van der Waals surface area contributed by atoms with Gasteiger partial charge in [-0.25, -0.2) is 0 Å². The molecule has 0 aliphatic carbocycles. The van der Waals surface area contributed by atoms with Crippen molar-refractivity contribution in [3.8, 4) is 0 Å². The molecule has 2 unspecified atom stereocenters. The second-order valence-corrected chi connectivity index (χ2v) is 6.09. The second-order valence-electron chi connectivity index (χ2n) is 6.09. The van der Waals surface area contributed by atoms with Gasteiger partial charge in [0.05, 0.1) is 13.2 Å². The molecule has 0 spiro atoms. The van der Waals surface area contributed by atoms with E-state index in [0.717, 1.165) is 38.3 Å². The van der Waals surface area contributed by atoms with E-state index in [1.807, 2.05) is 11.0 Å². The molecule has 3 heteroatoms. The van der Waals surface area contributed by atoms with Crippen LogP contribution in [0.5, 0.6) is 0 Å². The summed E-state index contributed by atoms with van der Waals surface area (Å²) in [4.78, 5) is 14.2. The van der Waals surface area contributed by atoms with Crippen LogP contribution in [0.2, 0.25) is 0 Å². The van der Waals surface area contributed by atoms with Crippen LogP contribution in [0.25, 0.3) is 0 Å². The quantitative estimate of drug-likeness (QED) is 0.477. The fraction of sp³-hybridized carbons (Fsp3) is 0.824. The topological polar surface area (TPSA) is 29.5 Å². The van der Waals surface area contributed by atoms with Crippen LogP contribution in [0.1, 0.15) is 52.4 Å². The van der Waals surface area contributed by atoms with Gasteiger partial charge in [-0.15, -0.1) is 6.58 Å². The van der Waals surface area contributed by atoms with Gasteiger partial charge in [0, 0.05) is 19.0 Å². The lowest BCUT2D eigenvalue weighted by molar-refractivity contribution is -0.139. The van der Waals surface area contributed by atoms with Crippen molar-refractivity contribution in [2.75, 3.05) is 26.3 Å². The highest BCUT2D eigenvalue weighted by molar-refractivity contribution is 5.78. The Morgan fingerprint density at radius 3 is 2.50 bits per heavy atom. The first-order valence-corrected chi connectivity index (χ1v) is 8.12. The molecule has 0 radical (unpaired) electrons. The highest BCUT2D eigenvalue weighted by Gasteiger charge is 2.22. The van der Waals surface area contributed by atoms with E-state index in [4.69, 9.17) is 4.74 Å². The molecule has 1 saturated heterocycles. The van der Waals surface area contributed by atoms with Crippen LogP contribution in [0.4, 0.5) is 0 Å². The summed E-state index contributed by atoms with van der Waals surface area (Å²) in [5.41, 5.74) is 0. The lowest BCUT2D eigenvalue weighted by Crippen LogP contribution is -2.43. The summed E-state index contributed by atoms with van der Waals surface area (Å²) < 4.78 is 5.29. The lowest BCUT2D eigenvalue weighted by Gasteiger charge is -2.29. The molecule has 1 rings (SSSR count). The third-order valence-electron chi connectivity index (χ3n) is 4.18. The maximum Gasteiger partial charge on any atom is 0.225 e. The maximum absolute atomic E-state index is 12.2. The molecule has 0 aromatic rings. The molecule has 3 nitrogen and oxygen atoms in total. The van der Waals surface area contributed by atoms with E-state index < -0.39 is 0 Å². The molecule has 2 atom stereocenters. The molecule has 20 heavy (non-hydrogen) atoms.